The van der Waals surface area contributed by atoms with Gasteiger partial charge in [-0.15, -0.1) is 0 Å². The van der Waals surface area contributed by atoms with Gasteiger partial charge in [-0.05, 0) is 53.4 Å². The molecule has 2 aromatic rings. The molecule has 0 bridgehead atoms. The van der Waals surface area contributed by atoms with Crippen LogP contribution in [0.3, 0.4) is 0 Å². The Balaban J connectivity index is 1.78. The minimum atomic E-state index is -0.101. The van der Waals surface area contributed by atoms with Crippen molar-refractivity contribution < 1.29 is 4.79 Å². The van der Waals surface area contributed by atoms with Gasteiger partial charge in [-0.1, -0.05) is 62.7 Å². The number of nitrogens with zero attached hydrogens (tertiary/aromatic N) is 1. The van der Waals surface area contributed by atoms with Crippen LogP contribution in [0.1, 0.15) is 37.5 Å². The second-order valence-electron chi connectivity index (χ2n) is 7.19. The number of nitrogens with one attached hydrogen (secondary N) is 1. The molecule has 0 atom stereocenters. The van der Waals surface area contributed by atoms with Gasteiger partial charge in [-0.3, -0.25) is 4.79 Å². The Hall–Kier alpha value is -2.33. The molecule has 1 aliphatic heterocycles. The zero-order valence-electron chi connectivity index (χ0n) is 15.0. The van der Waals surface area contributed by atoms with Crippen LogP contribution in [0.4, 0.5) is 5.69 Å². The zero-order chi connectivity index (χ0) is 18.0. The molecule has 1 saturated heterocycles. The van der Waals surface area contributed by atoms with E-state index in [0.29, 0.717) is 10.1 Å². The van der Waals surface area contributed by atoms with Crippen molar-refractivity contribution in [3.63, 3.8) is 0 Å². The monoisotopic (exact) mass is 350 g/mol. The van der Waals surface area contributed by atoms with E-state index in [4.69, 9.17) is 0 Å². The van der Waals surface area contributed by atoms with Crippen molar-refractivity contribution in [2.45, 2.75) is 33.1 Å². The third kappa shape index (κ3) is 4.40. The summed E-state index contributed by atoms with van der Waals surface area (Å²) in [5.41, 5.74) is 4.44. The minimum Gasteiger partial charge on any atom is -0.300 e. The Labute approximate surface area is 153 Å². The molecule has 2 aromatic carbocycles. The molecule has 1 aliphatic rings. The second kappa shape index (κ2) is 6.89. The lowest BCUT2D eigenvalue weighted by molar-refractivity contribution is -0.115. The molecule has 4 heteroatoms. The molecule has 128 valence electrons. The lowest BCUT2D eigenvalue weighted by atomic mass is 9.87. The molecule has 0 saturated carbocycles. The number of hydrogen-bond acceptors (Lipinski definition) is 3. The van der Waals surface area contributed by atoms with Crippen molar-refractivity contribution in [3.8, 4) is 0 Å². The van der Waals surface area contributed by atoms with E-state index in [1.165, 1.54) is 22.9 Å². The topological polar surface area (TPSA) is 41.5 Å². The average molecular weight is 350 g/mol. The van der Waals surface area contributed by atoms with Crippen LogP contribution in [0.15, 0.2) is 58.4 Å². The van der Waals surface area contributed by atoms with Crippen molar-refractivity contribution in [3.05, 3.63) is 70.1 Å². The van der Waals surface area contributed by atoms with Gasteiger partial charge in [0.05, 0.1) is 10.6 Å². The molecule has 1 fully saturated rings. The molecule has 0 spiro atoms. The summed E-state index contributed by atoms with van der Waals surface area (Å²) in [6.45, 7) is 8.60. The normalized spacial score (nSPS) is 18.0. The molecule has 3 nitrogen and oxygen atoms in total. The van der Waals surface area contributed by atoms with E-state index in [0.717, 1.165) is 11.3 Å². The van der Waals surface area contributed by atoms with Crippen molar-refractivity contribution in [2.75, 3.05) is 0 Å². The average Bonchev–Trinajstić information content (AvgIpc) is 2.89. The van der Waals surface area contributed by atoms with Gasteiger partial charge in [0.1, 0.15) is 0 Å². The zero-order valence-corrected chi connectivity index (χ0v) is 15.8. The predicted octanol–water partition coefficient (Wildman–Crippen LogP) is 5.18. The van der Waals surface area contributed by atoms with Crippen LogP contribution in [0.2, 0.25) is 0 Å². The molecule has 0 aromatic heterocycles. The van der Waals surface area contributed by atoms with E-state index < -0.39 is 0 Å². The summed E-state index contributed by atoms with van der Waals surface area (Å²) in [5, 5.41) is 3.45. The number of carbonyl (C=O) groups is 1. The van der Waals surface area contributed by atoms with Gasteiger partial charge in [0.25, 0.3) is 5.91 Å². The third-order valence-corrected chi connectivity index (χ3v) is 4.90. The minimum absolute atomic E-state index is 0.101. The van der Waals surface area contributed by atoms with Gasteiger partial charge in [0, 0.05) is 0 Å². The number of amides is 1. The van der Waals surface area contributed by atoms with Gasteiger partial charge in [-0.25, -0.2) is 4.99 Å². The van der Waals surface area contributed by atoms with Crippen LogP contribution >= 0.6 is 11.8 Å². The number of amidine groups is 1. The fourth-order valence-corrected chi connectivity index (χ4v) is 3.29. The number of benzene rings is 2. The molecule has 1 N–H and O–H groups in total. The Morgan fingerprint density at radius 3 is 2.24 bits per heavy atom. The third-order valence-electron chi connectivity index (χ3n) is 3.99. The molecule has 25 heavy (non-hydrogen) atoms. The Bertz CT molecular complexity index is 841. The molecule has 1 heterocycles. The van der Waals surface area contributed by atoms with Gasteiger partial charge in [-0.2, -0.15) is 0 Å². The number of carbonyl (C=O) groups excluding carboxylic acids is 1. The quantitative estimate of drug-likeness (QED) is 0.758. The van der Waals surface area contributed by atoms with Gasteiger partial charge < -0.3 is 5.32 Å². The second-order valence-corrected chi connectivity index (χ2v) is 8.22. The molecule has 0 radical (unpaired) electrons. The Kier molecular flexibility index (Phi) is 4.82. The van der Waals surface area contributed by atoms with Gasteiger partial charge in [0.2, 0.25) is 0 Å². The van der Waals surface area contributed by atoms with E-state index in [2.05, 4.69) is 55.3 Å². The first-order valence-corrected chi connectivity index (χ1v) is 9.10. The lowest BCUT2D eigenvalue weighted by Gasteiger charge is -2.18. The van der Waals surface area contributed by atoms with E-state index in [1.807, 2.05) is 37.3 Å². The Morgan fingerprint density at radius 1 is 1.00 bits per heavy atom. The maximum absolute atomic E-state index is 12.2. The first-order valence-electron chi connectivity index (χ1n) is 8.28. The first kappa shape index (κ1) is 17.5. The van der Waals surface area contributed by atoms with Gasteiger partial charge >= 0.3 is 0 Å². The summed E-state index contributed by atoms with van der Waals surface area (Å²) < 4.78 is 0. The standard InChI is InChI=1S/C21H22N2OS/c1-14-5-11-17(12-6-14)22-20-23-19(24)18(25-20)13-15-7-9-16(10-8-15)21(2,3)4/h5-13H,1-4H3,(H,22,23,24)/b18-13+. The van der Waals surface area contributed by atoms with Crippen molar-refractivity contribution in [1.29, 1.82) is 0 Å². The van der Waals surface area contributed by atoms with Crippen molar-refractivity contribution >= 4 is 34.6 Å². The number of hydrogen-bond donors (Lipinski definition) is 1. The SMILES string of the molecule is Cc1ccc(N=C2NC(=O)/C(=C\c3ccc(C(C)(C)C)cc3)S2)cc1. The van der Waals surface area contributed by atoms with E-state index in [9.17, 15) is 4.79 Å². The van der Waals surface area contributed by atoms with Crippen LogP contribution in [-0.2, 0) is 10.2 Å². The van der Waals surface area contributed by atoms with Crippen LogP contribution in [0.5, 0.6) is 0 Å². The van der Waals surface area contributed by atoms with Gasteiger partial charge in [0.15, 0.2) is 5.17 Å². The van der Waals surface area contributed by atoms with Crippen LogP contribution < -0.4 is 5.32 Å². The number of rotatable bonds is 2. The number of aliphatic imine (C=N–C) groups is 1. The maximum atomic E-state index is 12.2. The maximum Gasteiger partial charge on any atom is 0.264 e. The summed E-state index contributed by atoms with van der Waals surface area (Å²) in [7, 11) is 0. The van der Waals surface area contributed by atoms with Crippen LogP contribution in [0, 0.1) is 6.92 Å². The fourth-order valence-electron chi connectivity index (χ4n) is 2.45. The molecule has 0 aliphatic carbocycles. The summed E-state index contributed by atoms with van der Waals surface area (Å²) in [6.07, 6.45) is 1.91. The molecule has 0 unspecified atom stereocenters. The first-order chi connectivity index (χ1) is 11.8. The smallest absolute Gasteiger partial charge is 0.264 e. The molecular formula is C21H22N2OS. The van der Waals surface area contributed by atoms with Crippen LogP contribution in [0.25, 0.3) is 6.08 Å². The van der Waals surface area contributed by atoms with Crippen molar-refractivity contribution in [2.24, 2.45) is 4.99 Å². The summed E-state index contributed by atoms with van der Waals surface area (Å²) in [4.78, 5) is 17.3. The Morgan fingerprint density at radius 2 is 1.64 bits per heavy atom. The highest BCUT2D eigenvalue weighted by Crippen LogP contribution is 2.29. The largest absolute Gasteiger partial charge is 0.300 e. The number of aryl methyl sites for hydroxylation is 1. The summed E-state index contributed by atoms with van der Waals surface area (Å²) >= 11 is 1.37. The lowest BCUT2D eigenvalue weighted by Crippen LogP contribution is -2.19. The summed E-state index contributed by atoms with van der Waals surface area (Å²) in [6, 6.07) is 16.2. The number of thioether (sulfide) groups is 1. The highest BCUT2D eigenvalue weighted by Gasteiger charge is 2.23. The van der Waals surface area contributed by atoms with E-state index >= 15 is 0 Å². The van der Waals surface area contributed by atoms with E-state index in [1.54, 1.807) is 0 Å². The predicted molar refractivity (Wildman–Crippen MR) is 107 cm³/mol. The molecular weight excluding hydrogens is 328 g/mol. The van der Waals surface area contributed by atoms with Crippen LogP contribution in [-0.4, -0.2) is 11.1 Å². The molecule has 1 amide bonds. The highest BCUT2D eigenvalue weighted by atomic mass is 32.2. The fraction of sp³-hybridized carbons (Fsp3) is 0.238. The van der Waals surface area contributed by atoms with E-state index in [-0.39, 0.29) is 11.3 Å². The van der Waals surface area contributed by atoms with Crippen molar-refractivity contribution in [1.82, 2.24) is 5.32 Å². The molecule has 3 rings (SSSR count). The highest BCUT2D eigenvalue weighted by molar-refractivity contribution is 8.18. The summed E-state index contributed by atoms with van der Waals surface area (Å²) in [5.74, 6) is -0.101.